The summed E-state index contributed by atoms with van der Waals surface area (Å²) >= 11 is 0. The fourth-order valence-electron chi connectivity index (χ4n) is 1.64. The number of hydrogen-bond donors (Lipinski definition) is 0. The molecule has 1 nitrogen and oxygen atoms in total. The van der Waals surface area contributed by atoms with Crippen molar-refractivity contribution in [2.24, 2.45) is 0 Å². The topological polar surface area (TPSA) is 3.24 Å². The first kappa shape index (κ1) is 12.1. The van der Waals surface area contributed by atoms with Crippen molar-refractivity contribution >= 4 is 15.6 Å². The highest BCUT2D eigenvalue weighted by molar-refractivity contribution is 6.82. The summed E-state index contributed by atoms with van der Waals surface area (Å²) in [6, 6.07) is 0. The van der Waals surface area contributed by atoms with Gasteiger partial charge in [-0.05, 0) is 18.3 Å². The predicted molar refractivity (Wildman–Crippen MR) is 68.2 cm³/mol. The van der Waals surface area contributed by atoms with Gasteiger partial charge in [0.05, 0.1) is 0 Å². The van der Waals surface area contributed by atoms with Gasteiger partial charge >= 0.3 is 0 Å². The molecule has 0 amide bonds. The number of allylic oxidation sites excluding steroid dienone is 1. The van der Waals surface area contributed by atoms with Crippen LogP contribution in [0.3, 0.4) is 0 Å². The van der Waals surface area contributed by atoms with Gasteiger partial charge in [0, 0.05) is 6.54 Å². The normalized spacial score (nSPS) is 20.3. The summed E-state index contributed by atoms with van der Waals surface area (Å²) in [5, 5.41) is 0.446. The second kappa shape index (κ2) is 3.86. The van der Waals surface area contributed by atoms with E-state index in [-0.39, 0.29) is 0 Å². The van der Waals surface area contributed by atoms with Crippen molar-refractivity contribution in [1.82, 2.24) is 4.48 Å². The Balaban J connectivity index is 2.79. The van der Waals surface area contributed by atoms with Crippen LogP contribution in [0.15, 0.2) is 11.6 Å². The van der Waals surface area contributed by atoms with Crippen molar-refractivity contribution in [1.29, 1.82) is 0 Å². The van der Waals surface area contributed by atoms with Gasteiger partial charge in [-0.1, -0.05) is 45.5 Å². The average Bonchev–Trinajstić information content (AvgIpc) is 2.02. The van der Waals surface area contributed by atoms with Crippen molar-refractivity contribution in [3.8, 4) is 0 Å². The highest BCUT2D eigenvalue weighted by Gasteiger charge is 2.40. The molecular formula is C11H23BNSi. The summed E-state index contributed by atoms with van der Waals surface area (Å²) in [4.78, 5) is 0. The van der Waals surface area contributed by atoms with Crippen LogP contribution in [0.1, 0.15) is 27.7 Å². The molecule has 1 radical (unpaired) electrons. The van der Waals surface area contributed by atoms with Crippen molar-refractivity contribution in [3.05, 3.63) is 11.6 Å². The van der Waals surface area contributed by atoms with Gasteiger partial charge in [-0.3, -0.25) is 0 Å². The van der Waals surface area contributed by atoms with Gasteiger partial charge in [-0.15, -0.1) is 0 Å². The summed E-state index contributed by atoms with van der Waals surface area (Å²) < 4.78 is 2.63. The third-order valence-corrected chi connectivity index (χ3v) is 9.21. The van der Waals surface area contributed by atoms with E-state index in [0.29, 0.717) is 5.04 Å². The minimum atomic E-state index is -1.31. The highest BCUT2D eigenvalue weighted by atomic mass is 28.3. The van der Waals surface area contributed by atoms with Gasteiger partial charge in [-0.2, -0.15) is 0 Å². The van der Waals surface area contributed by atoms with E-state index in [2.05, 4.69) is 58.8 Å². The van der Waals surface area contributed by atoms with Crippen LogP contribution >= 0.6 is 0 Å². The lowest BCUT2D eigenvalue weighted by atomic mass is 9.84. The van der Waals surface area contributed by atoms with Gasteiger partial charge in [-0.25, -0.2) is 0 Å². The smallest absolute Gasteiger partial charge is 0.205 e. The molecule has 1 rings (SSSR count). The van der Waals surface area contributed by atoms with Crippen molar-refractivity contribution in [2.75, 3.05) is 6.54 Å². The molecule has 1 heterocycles. The van der Waals surface area contributed by atoms with Crippen LogP contribution in [-0.4, -0.2) is 26.7 Å². The zero-order valence-corrected chi connectivity index (χ0v) is 11.5. The van der Waals surface area contributed by atoms with Gasteiger partial charge in [0.25, 0.3) is 0 Å². The molecule has 79 valence electrons. The summed E-state index contributed by atoms with van der Waals surface area (Å²) in [5.41, 5.74) is 1.53. The van der Waals surface area contributed by atoms with E-state index in [0.717, 1.165) is 12.9 Å². The monoisotopic (exact) mass is 208 g/mol. The standard InChI is InChI=1S/C11H23BNSi/c1-10-7-8-12-13(9-10)14(5,6)11(2,3)4/h7H,8-9H2,1-6H3. The van der Waals surface area contributed by atoms with Gasteiger partial charge in [0.1, 0.15) is 8.24 Å². The molecule has 0 bridgehead atoms. The third kappa shape index (κ3) is 2.32. The minimum absolute atomic E-state index is 0.446. The summed E-state index contributed by atoms with van der Waals surface area (Å²) in [7, 11) is 1.08. The predicted octanol–water partition coefficient (Wildman–Crippen LogP) is 3.29. The molecule has 0 atom stereocenters. The Labute approximate surface area is 90.9 Å². The molecular weight excluding hydrogens is 185 g/mol. The molecule has 0 fully saturated rings. The second-order valence-electron chi connectivity index (χ2n) is 5.91. The molecule has 0 unspecified atom stereocenters. The van der Waals surface area contributed by atoms with Gasteiger partial charge < -0.3 is 4.48 Å². The molecule has 3 heteroatoms. The summed E-state index contributed by atoms with van der Waals surface area (Å²) in [6.07, 6.45) is 3.46. The fraction of sp³-hybridized carbons (Fsp3) is 0.818. The van der Waals surface area contributed by atoms with Crippen molar-refractivity contribution < 1.29 is 0 Å². The van der Waals surface area contributed by atoms with Gasteiger partial charge in [0.2, 0.25) is 7.41 Å². The molecule has 0 saturated heterocycles. The maximum absolute atomic E-state index is 2.63. The molecule has 0 aromatic rings. The zero-order valence-electron chi connectivity index (χ0n) is 10.5. The van der Waals surface area contributed by atoms with E-state index >= 15 is 0 Å². The van der Waals surface area contributed by atoms with Crippen LogP contribution in [-0.2, 0) is 0 Å². The van der Waals surface area contributed by atoms with E-state index in [1.54, 1.807) is 0 Å². The van der Waals surface area contributed by atoms with E-state index in [1.165, 1.54) is 5.57 Å². The van der Waals surface area contributed by atoms with E-state index in [9.17, 15) is 0 Å². The van der Waals surface area contributed by atoms with Crippen LogP contribution in [0.2, 0.25) is 24.5 Å². The first-order valence-electron chi connectivity index (χ1n) is 5.51. The Hall–Kier alpha value is -0.0182. The first-order chi connectivity index (χ1) is 6.25. The van der Waals surface area contributed by atoms with Crippen LogP contribution in [0.4, 0.5) is 0 Å². The summed E-state index contributed by atoms with van der Waals surface area (Å²) in [6.45, 7) is 15.5. The minimum Gasteiger partial charge on any atom is -0.365 e. The molecule has 14 heavy (non-hydrogen) atoms. The maximum Gasteiger partial charge on any atom is 0.205 e. The Kier molecular flexibility index (Phi) is 3.32. The molecule has 1 aliphatic rings. The van der Waals surface area contributed by atoms with Crippen molar-refractivity contribution in [2.45, 2.75) is 52.1 Å². The van der Waals surface area contributed by atoms with Gasteiger partial charge in [0.15, 0.2) is 0 Å². The van der Waals surface area contributed by atoms with Crippen LogP contribution in [0.5, 0.6) is 0 Å². The van der Waals surface area contributed by atoms with Crippen LogP contribution in [0, 0.1) is 0 Å². The Morgan fingerprint density at radius 1 is 1.36 bits per heavy atom. The zero-order chi connectivity index (χ0) is 11.0. The van der Waals surface area contributed by atoms with Crippen molar-refractivity contribution in [3.63, 3.8) is 0 Å². The SMILES string of the molecule is CC1=CC[B]N([Si](C)(C)C(C)(C)C)C1. The second-order valence-corrected chi connectivity index (χ2v) is 11.1. The van der Waals surface area contributed by atoms with Crippen LogP contribution in [0.25, 0.3) is 0 Å². The average molecular weight is 208 g/mol. The number of hydrogen-bond acceptors (Lipinski definition) is 1. The molecule has 0 N–H and O–H groups in total. The van der Waals surface area contributed by atoms with Crippen LogP contribution < -0.4 is 0 Å². The molecule has 1 aliphatic heterocycles. The van der Waals surface area contributed by atoms with E-state index in [4.69, 9.17) is 0 Å². The number of rotatable bonds is 1. The quantitative estimate of drug-likeness (QED) is 0.472. The molecule has 0 aromatic carbocycles. The third-order valence-electron chi connectivity index (χ3n) is 3.77. The lowest BCUT2D eigenvalue weighted by Gasteiger charge is -2.47. The van der Waals surface area contributed by atoms with E-state index in [1.807, 2.05) is 0 Å². The Morgan fingerprint density at radius 2 is 1.93 bits per heavy atom. The number of nitrogens with zero attached hydrogens (tertiary/aromatic N) is 1. The Bertz CT molecular complexity index is 240. The first-order valence-corrected chi connectivity index (χ1v) is 8.45. The lowest BCUT2D eigenvalue weighted by Crippen LogP contribution is -2.57. The lowest BCUT2D eigenvalue weighted by molar-refractivity contribution is 0.592. The fourth-order valence-corrected chi connectivity index (χ4v) is 3.70. The molecule has 0 aliphatic carbocycles. The summed E-state index contributed by atoms with van der Waals surface area (Å²) in [5.74, 6) is 0. The largest absolute Gasteiger partial charge is 0.365 e. The Morgan fingerprint density at radius 3 is 2.36 bits per heavy atom. The maximum atomic E-state index is 2.63. The highest BCUT2D eigenvalue weighted by Crippen LogP contribution is 2.38. The molecule has 0 spiro atoms. The molecule has 0 saturated carbocycles. The molecule has 0 aromatic heterocycles. The van der Waals surface area contributed by atoms with E-state index < -0.39 is 8.24 Å².